The molecule has 0 fully saturated rings. The van der Waals surface area contributed by atoms with E-state index < -0.39 is 0 Å². The monoisotopic (exact) mass is 501 g/mol. The molecular formula is C38H17N2+. The van der Waals surface area contributed by atoms with Crippen LogP contribution in [0.3, 0.4) is 0 Å². The predicted octanol–water partition coefficient (Wildman–Crippen LogP) is 2.90. The zero-order chi connectivity index (χ0) is 28.4. The Bertz CT molecular complexity index is 2040. The lowest BCUT2D eigenvalue weighted by Gasteiger charge is -1.97. The van der Waals surface area contributed by atoms with Gasteiger partial charge in [-0.25, -0.2) is 0 Å². The molecule has 40 heavy (non-hydrogen) atoms. The average molecular weight is 502 g/mol. The summed E-state index contributed by atoms with van der Waals surface area (Å²) in [5.74, 6) is 50.7. The van der Waals surface area contributed by atoms with Gasteiger partial charge in [0, 0.05) is 95.8 Å². The number of aromatic nitrogens is 1. The van der Waals surface area contributed by atoms with Gasteiger partial charge in [-0.15, -0.1) is 11.0 Å². The van der Waals surface area contributed by atoms with Gasteiger partial charge in [-0.2, -0.15) is 0 Å². The van der Waals surface area contributed by atoms with Crippen molar-refractivity contribution in [3.63, 3.8) is 0 Å². The first-order chi connectivity index (χ1) is 19.9. The molecule has 0 aliphatic rings. The summed E-state index contributed by atoms with van der Waals surface area (Å²) in [6.45, 7) is 0. The third-order valence-corrected chi connectivity index (χ3v) is 4.10. The van der Waals surface area contributed by atoms with Crippen molar-refractivity contribution in [2.24, 2.45) is 0 Å². The smallest absolute Gasteiger partial charge is 0.244 e. The molecule has 0 saturated heterocycles. The molecule has 0 saturated carbocycles. The van der Waals surface area contributed by atoms with Crippen molar-refractivity contribution < 1.29 is 4.57 Å². The Kier molecular flexibility index (Phi) is 14.6. The van der Waals surface area contributed by atoms with E-state index in [9.17, 15) is 0 Å². The van der Waals surface area contributed by atoms with Crippen LogP contribution in [0.25, 0.3) is 17.0 Å². The molecule has 2 rings (SSSR count). The lowest BCUT2D eigenvalue weighted by Crippen LogP contribution is -2.32. The number of benzene rings is 1. The Morgan fingerprint density at radius 2 is 1.07 bits per heavy atom. The van der Waals surface area contributed by atoms with Crippen molar-refractivity contribution in [2.45, 2.75) is 0 Å². The largest absolute Gasteiger partial charge is 0.394 e. The van der Waals surface area contributed by atoms with E-state index in [4.69, 9.17) is 6.42 Å². The second-order valence-corrected chi connectivity index (χ2v) is 6.68. The van der Waals surface area contributed by atoms with Gasteiger partial charge in [0.25, 0.3) is 0 Å². The third kappa shape index (κ3) is 12.5. The maximum Gasteiger partial charge on any atom is 0.244 e. The second-order valence-electron chi connectivity index (χ2n) is 6.68. The van der Waals surface area contributed by atoms with Gasteiger partial charge < -0.3 is 5.32 Å². The highest BCUT2D eigenvalue weighted by Crippen LogP contribution is 2.11. The standard InChI is InChI=1S/C38H16N2/c1-3-4-5-6-7-8-9-10-11-12-13-14-15-16-17-18-19-20-23-28-35-40-37(30-24-21-22-27-34-39-2)33-32-36-29-25-26-31-38(36)40/h1,21-22,24-27,29-34H,2H3/p+1. The van der Waals surface area contributed by atoms with Crippen LogP contribution in [0.4, 0.5) is 0 Å². The lowest BCUT2D eigenvalue weighted by atomic mass is 10.2. The normalized spacial score (nSPS) is 7.80. The second kappa shape index (κ2) is 20.0. The molecule has 0 amide bonds. The number of terminal acetylenes is 1. The molecular weight excluding hydrogens is 484 g/mol. The minimum absolute atomic E-state index is 0.921. The fraction of sp³-hybridized carbons (Fsp3) is 0.0263. The molecule has 0 atom stereocenters. The van der Waals surface area contributed by atoms with Crippen molar-refractivity contribution >= 4 is 17.0 Å². The number of nitrogens with zero attached hydrogens (tertiary/aromatic N) is 1. The summed E-state index contributed by atoms with van der Waals surface area (Å²) in [4.78, 5) is 0. The van der Waals surface area contributed by atoms with Gasteiger partial charge in [0.15, 0.2) is 0 Å². The van der Waals surface area contributed by atoms with Crippen LogP contribution in [0.15, 0.2) is 66.9 Å². The number of pyridine rings is 1. The highest BCUT2D eigenvalue weighted by atomic mass is 14.9. The first kappa shape index (κ1) is 29.0. The van der Waals surface area contributed by atoms with Crippen LogP contribution in [0.2, 0.25) is 0 Å². The zero-order valence-corrected chi connectivity index (χ0v) is 21.5. The number of fused-ring (bicyclic) bond motifs is 1. The van der Waals surface area contributed by atoms with Crippen LogP contribution < -0.4 is 9.88 Å². The van der Waals surface area contributed by atoms with Crippen LogP contribution in [-0.2, 0) is 0 Å². The van der Waals surface area contributed by atoms with Crippen LogP contribution >= 0.6 is 0 Å². The Hall–Kier alpha value is -7.19. The first-order valence-corrected chi connectivity index (χ1v) is 11.4. The van der Waals surface area contributed by atoms with E-state index in [1.807, 2.05) is 78.5 Å². The van der Waals surface area contributed by atoms with Gasteiger partial charge in [0.05, 0.1) is 5.92 Å². The number of allylic oxidation sites excluding steroid dienone is 4. The van der Waals surface area contributed by atoms with Crippen LogP contribution in [0, 0.1) is 131 Å². The maximum atomic E-state index is 4.95. The fourth-order valence-electron chi connectivity index (χ4n) is 2.56. The van der Waals surface area contributed by atoms with E-state index in [0.29, 0.717) is 0 Å². The number of rotatable bonds is 4. The molecule has 2 heteroatoms. The SMILES string of the molecule is C#CC#CC#CC#CC#CC#CC#CC#CC#CC#CC#C[n+]1c(/C=C/C=C/C=C/NC)ccc2ccccc21. The van der Waals surface area contributed by atoms with Crippen LogP contribution in [-0.4, -0.2) is 7.05 Å². The molecule has 0 bridgehead atoms. The summed E-state index contributed by atoms with van der Waals surface area (Å²) < 4.78 is 1.89. The summed E-state index contributed by atoms with van der Waals surface area (Å²) in [6.07, 6.45) is 16.5. The van der Waals surface area contributed by atoms with Crippen molar-refractivity contribution in [1.82, 2.24) is 5.32 Å². The summed E-state index contributed by atoms with van der Waals surface area (Å²) in [7, 11) is 1.85. The van der Waals surface area contributed by atoms with Crippen molar-refractivity contribution in [3.05, 3.63) is 72.6 Å². The number of hydrogen-bond acceptors (Lipinski definition) is 1. The average Bonchev–Trinajstić information content (AvgIpc) is 2.98. The molecule has 2 aromatic rings. The molecule has 1 N–H and O–H groups in total. The number of hydrogen-bond donors (Lipinski definition) is 1. The first-order valence-electron chi connectivity index (χ1n) is 11.4. The fourth-order valence-corrected chi connectivity index (χ4v) is 2.56. The van der Waals surface area contributed by atoms with E-state index >= 15 is 0 Å². The van der Waals surface area contributed by atoms with Gasteiger partial charge >= 0.3 is 0 Å². The van der Waals surface area contributed by atoms with Crippen molar-refractivity contribution in [3.8, 4) is 131 Å². The Morgan fingerprint density at radius 1 is 0.575 bits per heavy atom. The van der Waals surface area contributed by atoms with Gasteiger partial charge in [-0.3, -0.25) is 0 Å². The minimum atomic E-state index is 0.921. The highest BCUT2D eigenvalue weighted by molar-refractivity contribution is 5.76. The molecule has 2 nitrogen and oxygen atoms in total. The van der Waals surface area contributed by atoms with Gasteiger partial charge in [0.2, 0.25) is 17.3 Å². The van der Waals surface area contributed by atoms with E-state index in [2.05, 4.69) is 136 Å². The summed E-state index contributed by atoms with van der Waals surface area (Å²) in [6, 6.07) is 15.2. The maximum absolute atomic E-state index is 4.95. The Morgan fingerprint density at radius 3 is 1.62 bits per heavy atom. The molecule has 0 radical (unpaired) electrons. The van der Waals surface area contributed by atoms with E-state index in [1.165, 1.54) is 0 Å². The third-order valence-electron chi connectivity index (χ3n) is 4.10. The van der Waals surface area contributed by atoms with Gasteiger partial charge in [0.1, 0.15) is 0 Å². The Labute approximate surface area is 237 Å². The summed E-state index contributed by atoms with van der Waals surface area (Å²) in [5.41, 5.74) is 1.90. The molecule has 0 spiro atoms. The zero-order valence-electron chi connectivity index (χ0n) is 21.5. The van der Waals surface area contributed by atoms with Crippen LogP contribution in [0.5, 0.6) is 0 Å². The molecule has 1 aromatic carbocycles. The van der Waals surface area contributed by atoms with E-state index in [-0.39, 0.29) is 0 Å². The van der Waals surface area contributed by atoms with Gasteiger partial charge in [-0.1, -0.05) is 30.4 Å². The number of para-hydroxylation sites is 1. The van der Waals surface area contributed by atoms with Crippen molar-refractivity contribution in [1.29, 1.82) is 0 Å². The van der Waals surface area contributed by atoms with Gasteiger partial charge in [-0.05, 0) is 71.8 Å². The lowest BCUT2D eigenvalue weighted by molar-refractivity contribution is -0.556. The highest BCUT2D eigenvalue weighted by Gasteiger charge is 2.11. The molecule has 178 valence electrons. The molecule has 1 heterocycles. The quantitative estimate of drug-likeness (QED) is 0.387. The molecule has 0 aliphatic heterocycles. The predicted molar refractivity (Wildman–Crippen MR) is 163 cm³/mol. The summed E-state index contributed by atoms with van der Waals surface area (Å²) >= 11 is 0. The minimum Gasteiger partial charge on any atom is -0.394 e. The van der Waals surface area contributed by atoms with Crippen molar-refractivity contribution in [2.75, 3.05) is 7.05 Å². The Balaban J connectivity index is 2.04. The van der Waals surface area contributed by atoms with E-state index in [1.54, 1.807) is 0 Å². The topological polar surface area (TPSA) is 15.9 Å². The molecule has 1 aromatic heterocycles. The molecule has 0 aliphatic carbocycles. The molecule has 0 unspecified atom stereocenters. The summed E-state index contributed by atoms with van der Waals surface area (Å²) in [5, 5.41) is 4.01. The van der Waals surface area contributed by atoms with E-state index in [0.717, 1.165) is 16.6 Å². The number of nitrogens with one attached hydrogen (secondary N) is 1. The van der Waals surface area contributed by atoms with Crippen LogP contribution in [0.1, 0.15) is 5.69 Å².